The monoisotopic (exact) mass is 703 g/mol. The van der Waals surface area contributed by atoms with Crippen LogP contribution < -0.4 is 4.90 Å². The molecule has 0 N–H and O–H groups in total. The van der Waals surface area contributed by atoms with E-state index in [2.05, 4.69) is 201 Å². The van der Waals surface area contributed by atoms with Crippen molar-refractivity contribution >= 4 is 60.5 Å². The van der Waals surface area contributed by atoms with Crippen molar-refractivity contribution in [2.24, 2.45) is 0 Å². The molecule has 2 heteroatoms. The van der Waals surface area contributed by atoms with Gasteiger partial charge >= 0.3 is 0 Å². The van der Waals surface area contributed by atoms with Crippen molar-refractivity contribution in [1.82, 2.24) is 0 Å². The van der Waals surface area contributed by atoms with Crippen LogP contribution in [0.2, 0.25) is 0 Å². The lowest BCUT2D eigenvalue weighted by Crippen LogP contribution is -2.15. The van der Waals surface area contributed by atoms with Crippen molar-refractivity contribution in [2.45, 2.75) is 19.3 Å². The van der Waals surface area contributed by atoms with Gasteiger partial charge in [0.2, 0.25) is 0 Å². The highest BCUT2D eigenvalue weighted by molar-refractivity contribution is 6.11. The van der Waals surface area contributed by atoms with Gasteiger partial charge in [-0.05, 0) is 103 Å². The molecular formula is C53H37NO. The maximum absolute atomic E-state index is 6.67. The van der Waals surface area contributed by atoms with Crippen LogP contribution in [0.25, 0.3) is 76.9 Å². The molecule has 0 saturated heterocycles. The van der Waals surface area contributed by atoms with Crippen LogP contribution in [-0.2, 0) is 5.41 Å². The Morgan fingerprint density at radius 3 is 2.00 bits per heavy atom. The Morgan fingerprint density at radius 2 is 1.11 bits per heavy atom. The Hall–Kier alpha value is -6.90. The van der Waals surface area contributed by atoms with E-state index in [0.29, 0.717) is 0 Å². The number of nitrogens with zero attached hydrogens (tertiary/aromatic N) is 1. The smallest absolute Gasteiger partial charge is 0.159 e. The first-order valence-corrected chi connectivity index (χ1v) is 19.1. The van der Waals surface area contributed by atoms with Crippen LogP contribution in [0.5, 0.6) is 0 Å². The average Bonchev–Trinajstić information content (AvgIpc) is 3.74. The molecule has 2 nitrogen and oxygen atoms in total. The molecule has 0 fully saturated rings. The Labute approximate surface area is 320 Å². The fraction of sp³-hybridized carbons (Fsp3) is 0.0566. The second-order valence-corrected chi connectivity index (χ2v) is 15.3. The van der Waals surface area contributed by atoms with Gasteiger partial charge in [0.25, 0.3) is 0 Å². The van der Waals surface area contributed by atoms with Crippen molar-refractivity contribution in [2.75, 3.05) is 4.90 Å². The van der Waals surface area contributed by atoms with Gasteiger partial charge in [-0.25, -0.2) is 0 Å². The summed E-state index contributed by atoms with van der Waals surface area (Å²) in [7, 11) is 0. The maximum Gasteiger partial charge on any atom is 0.159 e. The average molecular weight is 704 g/mol. The summed E-state index contributed by atoms with van der Waals surface area (Å²) >= 11 is 0. The summed E-state index contributed by atoms with van der Waals surface area (Å²) in [6.07, 6.45) is 0. The zero-order chi connectivity index (χ0) is 36.7. The number of rotatable bonds is 5. The van der Waals surface area contributed by atoms with Crippen molar-refractivity contribution < 1.29 is 4.42 Å². The van der Waals surface area contributed by atoms with Crippen molar-refractivity contribution in [1.29, 1.82) is 0 Å². The molecular weight excluding hydrogens is 667 g/mol. The van der Waals surface area contributed by atoms with Crippen LogP contribution in [0.15, 0.2) is 192 Å². The van der Waals surface area contributed by atoms with E-state index in [1.54, 1.807) is 0 Å². The predicted octanol–water partition coefficient (Wildman–Crippen LogP) is 15.0. The van der Waals surface area contributed by atoms with E-state index < -0.39 is 0 Å². The van der Waals surface area contributed by atoms with Gasteiger partial charge in [-0.2, -0.15) is 0 Å². The standard InChI is InChI=1S/C53H37NO/c1-53(2)46-23-11-8-21-44(46)50-45(33-37-17-6-7-19-41(37)51(50)53)38-28-27-36-32-39(30-29-35(36)31-38)54(47-24-12-9-18-40(47)34-15-4-3-5-16-34)48-25-14-22-43-42-20-10-13-26-49(42)55-52(43)48/h3-33H,1-2H3. The predicted molar refractivity (Wildman–Crippen MR) is 232 cm³/mol. The van der Waals surface area contributed by atoms with Crippen LogP contribution in [0, 0.1) is 0 Å². The summed E-state index contributed by atoms with van der Waals surface area (Å²) in [5.74, 6) is 0. The van der Waals surface area contributed by atoms with Gasteiger partial charge in [-0.15, -0.1) is 0 Å². The molecule has 9 aromatic carbocycles. The van der Waals surface area contributed by atoms with Crippen LogP contribution in [-0.4, -0.2) is 0 Å². The number of hydrogen-bond acceptors (Lipinski definition) is 2. The minimum atomic E-state index is -0.102. The molecule has 0 radical (unpaired) electrons. The Morgan fingerprint density at radius 1 is 0.436 bits per heavy atom. The summed E-state index contributed by atoms with van der Waals surface area (Å²) in [4.78, 5) is 2.37. The lowest BCUT2D eigenvalue weighted by Gasteiger charge is -2.28. The second kappa shape index (κ2) is 12.1. The minimum absolute atomic E-state index is 0.102. The Balaban J connectivity index is 1.11. The van der Waals surface area contributed by atoms with E-state index in [4.69, 9.17) is 4.42 Å². The van der Waals surface area contributed by atoms with E-state index >= 15 is 0 Å². The number of fused-ring (bicyclic) bond motifs is 9. The van der Waals surface area contributed by atoms with Gasteiger partial charge in [0, 0.05) is 27.4 Å². The summed E-state index contributed by atoms with van der Waals surface area (Å²) in [5, 5.41) is 7.22. The summed E-state index contributed by atoms with van der Waals surface area (Å²) in [5.41, 5.74) is 15.2. The van der Waals surface area contributed by atoms with Crippen LogP contribution >= 0.6 is 0 Å². The normalized spacial score (nSPS) is 13.1. The van der Waals surface area contributed by atoms with Crippen molar-refractivity contribution in [3.05, 3.63) is 199 Å². The molecule has 0 saturated carbocycles. The van der Waals surface area contributed by atoms with Gasteiger partial charge in [-0.3, -0.25) is 0 Å². The van der Waals surface area contributed by atoms with E-state index in [9.17, 15) is 0 Å². The van der Waals surface area contributed by atoms with E-state index in [0.717, 1.165) is 50.1 Å². The highest BCUT2D eigenvalue weighted by Gasteiger charge is 2.38. The maximum atomic E-state index is 6.67. The molecule has 11 rings (SSSR count). The zero-order valence-corrected chi connectivity index (χ0v) is 30.8. The first-order chi connectivity index (χ1) is 27.0. The molecule has 10 aromatic rings. The molecule has 1 heterocycles. The van der Waals surface area contributed by atoms with E-state index in [1.165, 1.54) is 54.9 Å². The molecule has 0 bridgehead atoms. The quantitative estimate of drug-likeness (QED) is 0.177. The SMILES string of the molecule is CC1(C)c2ccccc2-c2c(-c3ccc4cc(N(c5ccccc5-c5ccccc5)c5cccc6c5oc5ccccc56)ccc4c3)cc3ccccc3c21. The molecule has 0 amide bonds. The highest BCUT2D eigenvalue weighted by atomic mass is 16.3. The molecule has 55 heavy (non-hydrogen) atoms. The van der Waals surface area contributed by atoms with Crippen LogP contribution in [0.4, 0.5) is 17.1 Å². The van der Waals surface area contributed by atoms with Gasteiger partial charge in [0.15, 0.2) is 5.58 Å². The number of hydrogen-bond donors (Lipinski definition) is 0. The molecule has 0 unspecified atom stereocenters. The van der Waals surface area contributed by atoms with Gasteiger partial charge in [0.05, 0.1) is 11.4 Å². The topological polar surface area (TPSA) is 16.4 Å². The molecule has 1 aliphatic carbocycles. The Kier molecular flexibility index (Phi) is 6.93. The van der Waals surface area contributed by atoms with Gasteiger partial charge in [0.1, 0.15) is 5.58 Å². The minimum Gasteiger partial charge on any atom is -0.454 e. The third-order valence-corrected chi connectivity index (χ3v) is 11.8. The second-order valence-electron chi connectivity index (χ2n) is 15.3. The van der Waals surface area contributed by atoms with E-state index in [1.807, 2.05) is 6.07 Å². The molecule has 260 valence electrons. The third kappa shape index (κ3) is 4.81. The molecule has 1 aliphatic rings. The van der Waals surface area contributed by atoms with Crippen molar-refractivity contribution in [3.8, 4) is 33.4 Å². The van der Waals surface area contributed by atoms with Crippen LogP contribution in [0.3, 0.4) is 0 Å². The third-order valence-electron chi connectivity index (χ3n) is 11.8. The summed E-state index contributed by atoms with van der Waals surface area (Å²) in [6.45, 7) is 4.76. The zero-order valence-electron chi connectivity index (χ0n) is 30.8. The highest BCUT2D eigenvalue weighted by Crippen LogP contribution is 2.55. The van der Waals surface area contributed by atoms with Gasteiger partial charge in [-0.1, -0.05) is 159 Å². The van der Waals surface area contributed by atoms with E-state index in [-0.39, 0.29) is 5.41 Å². The van der Waals surface area contributed by atoms with Crippen LogP contribution in [0.1, 0.15) is 25.0 Å². The fourth-order valence-electron chi connectivity index (χ4n) is 9.27. The number of benzene rings is 9. The largest absolute Gasteiger partial charge is 0.454 e. The van der Waals surface area contributed by atoms with Gasteiger partial charge < -0.3 is 9.32 Å². The Bertz CT molecular complexity index is 3130. The fourth-order valence-corrected chi connectivity index (χ4v) is 9.27. The lowest BCUT2D eigenvalue weighted by molar-refractivity contribution is 0.666. The molecule has 0 spiro atoms. The number of para-hydroxylation sites is 3. The first-order valence-electron chi connectivity index (χ1n) is 19.1. The molecule has 1 aromatic heterocycles. The lowest BCUT2D eigenvalue weighted by atomic mass is 9.79. The molecule has 0 atom stereocenters. The number of anilines is 3. The first kappa shape index (κ1) is 31.6. The summed E-state index contributed by atoms with van der Waals surface area (Å²) < 4.78 is 6.67. The molecule has 0 aliphatic heterocycles. The number of furan rings is 1. The summed E-state index contributed by atoms with van der Waals surface area (Å²) in [6, 6.07) is 68.2. The van der Waals surface area contributed by atoms with Crippen molar-refractivity contribution in [3.63, 3.8) is 0 Å².